The van der Waals surface area contributed by atoms with Crippen LogP contribution >= 0.6 is 11.3 Å². The van der Waals surface area contributed by atoms with Crippen molar-refractivity contribution in [2.45, 2.75) is 52.2 Å². The molecule has 0 saturated carbocycles. The number of carboxylic acids is 1. The molecule has 0 amide bonds. The summed E-state index contributed by atoms with van der Waals surface area (Å²) in [5.74, 6) is -0.270. The molecule has 116 valence electrons. The Morgan fingerprint density at radius 1 is 1.33 bits per heavy atom. The van der Waals surface area contributed by atoms with Crippen LogP contribution in [-0.2, 0) is 20.5 Å². The Balaban J connectivity index is 2.27. The summed E-state index contributed by atoms with van der Waals surface area (Å²) in [5.41, 5.74) is -0.833. The van der Waals surface area contributed by atoms with Gasteiger partial charge in [-0.3, -0.25) is 4.79 Å². The molecule has 1 aliphatic rings. The summed E-state index contributed by atoms with van der Waals surface area (Å²) in [6.45, 7) is 10.3. The van der Waals surface area contributed by atoms with Crippen LogP contribution < -0.4 is 9.51 Å². The topological polar surface area (TPSA) is 65.0 Å². The van der Waals surface area contributed by atoms with Crippen LogP contribution in [0.2, 0.25) is 0 Å². The monoisotopic (exact) mass is 312 g/mol. The van der Waals surface area contributed by atoms with Crippen molar-refractivity contribution in [2.75, 3.05) is 6.61 Å². The van der Waals surface area contributed by atoms with Gasteiger partial charge in [0.05, 0.1) is 29.1 Å². The molecule has 2 rings (SSSR count). The van der Waals surface area contributed by atoms with Crippen LogP contribution in [0.4, 0.5) is 0 Å². The van der Waals surface area contributed by atoms with Gasteiger partial charge in [-0.25, -0.2) is 0 Å². The lowest BCUT2D eigenvalue weighted by atomic mass is 9.88. The molecule has 0 aliphatic carbocycles. The van der Waals surface area contributed by atoms with E-state index in [0.717, 1.165) is 4.78 Å². The predicted octanol–water partition coefficient (Wildman–Crippen LogP) is 2.07. The van der Waals surface area contributed by atoms with Gasteiger partial charge in [0.2, 0.25) is 0 Å². The molecular formula is C14H21BO5S. The van der Waals surface area contributed by atoms with Gasteiger partial charge < -0.3 is 19.2 Å². The summed E-state index contributed by atoms with van der Waals surface area (Å²) in [7, 11) is -0.484. The highest BCUT2D eigenvalue weighted by Gasteiger charge is 2.52. The molecule has 2 heterocycles. The molecule has 7 heteroatoms. The van der Waals surface area contributed by atoms with Gasteiger partial charge in [0.1, 0.15) is 5.75 Å². The van der Waals surface area contributed by atoms with Crippen LogP contribution in [0.25, 0.3) is 0 Å². The first-order valence-electron chi connectivity index (χ1n) is 6.99. The minimum atomic E-state index is -0.877. The highest BCUT2D eigenvalue weighted by Crippen LogP contribution is 2.38. The van der Waals surface area contributed by atoms with E-state index in [-0.39, 0.29) is 6.42 Å². The van der Waals surface area contributed by atoms with Crippen molar-refractivity contribution in [3.05, 3.63) is 10.9 Å². The highest BCUT2D eigenvalue weighted by molar-refractivity contribution is 7.22. The Morgan fingerprint density at radius 3 is 2.38 bits per heavy atom. The number of ether oxygens (including phenoxy) is 1. The third-order valence-electron chi connectivity index (χ3n) is 3.89. The van der Waals surface area contributed by atoms with Gasteiger partial charge in [-0.1, -0.05) is 0 Å². The molecule has 0 unspecified atom stereocenters. The summed E-state index contributed by atoms with van der Waals surface area (Å²) in [6, 6.07) is 1.83. The van der Waals surface area contributed by atoms with Crippen molar-refractivity contribution in [3.8, 4) is 5.75 Å². The number of aliphatic carboxylic acids is 1. The van der Waals surface area contributed by atoms with Gasteiger partial charge in [0, 0.05) is 4.78 Å². The summed E-state index contributed by atoms with van der Waals surface area (Å²) >= 11 is 1.37. The van der Waals surface area contributed by atoms with E-state index in [2.05, 4.69) is 0 Å². The van der Waals surface area contributed by atoms with Crippen molar-refractivity contribution in [3.63, 3.8) is 0 Å². The third kappa shape index (κ3) is 3.25. The Hall–Kier alpha value is -1.05. The van der Waals surface area contributed by atoms with E-state index < -0.39 is 24.3 Å². The van der Waals surface area contributed by atoms with E-state index in [4.69, 9.17) is 19.2 Å². The fraction of sp³-hybridized carbons (Fsp3) is 0.643. The fourth-order valence-corrected chi connectivity index (χ4v) is 3.10. The van der Waals surface area contributed by atoms with Crippen LogP contribution in [0.15, 0.2) is 6.07 Å². The van der Waals surface area contributed by atoms with E-state index in [0.29, 0.717) is 17.2 Å². The minimum absolute atomic E-state index is 0.0560. The molecule has 0 aromatic carbocycles. The summed E-state index contributed by atoms with van der Waals surface area (Å²) in [5, 5.41) is 8.99. The molecule has 21 heavy (non-hydrogen) atoms. The Kier molecular flexibility index (Phi) is 4.37. The van der Waals surface area contributed by atoms with Crippen LogP contribution in [-0.4, -0.2) is 36.0 Å². The van der Waals surface area contributed by atoms with Crippen LogP contribution in [0.3, 0.4) is 0 Å². The number of carbonyl (C=O) groups is 1. The van der Waals surface area contributed by atoms with Crippen molar-refractivity contribution in [1.82, 2.24) is 0 Å². The molecule has 1 N–H and O–H groups in total. The second-order valence-corrected chi connectivity index (χ2v) is 7.20. The average molecular weight is 312 g/mol. The molecule has 1 aromatic rings. The molecular weight excluding hydrogens is 291 g/mol. The maximum Gasteiger partial charge on any atom is 0.505 e. The van der Waals surface area contributed by atoms with E-state index >= 15 is 0 Å². The van der Waals surface area contributed by atoms with Crippen LogP contribution in [0.5, 0.6) is 5.75 Å². The lowest BCUT2D eigenvalue weighted by Gasteiger charge is -2.32. The molecule has 5 nitrogen and oxygen atoms in total. The van der Waals surface area contributed by atoms with Crippen molar-refractivity contribution < 1.29 is 23.9 Å². The molecule has 1 aromatic heterocycles. The zero-order valence-corrected chi connectivity index (χ0v) is 13.9. The standard InChI is InChI=1S/C14H21BO5S/c1-6-18-9-7-11(21-10(9)8-12(16)17)15-19-13(2,3)14(4,5)20-15/h7H,6,8H2,1-5H3,(H,16,17). The van der Waals surface area contributed by atoms with Crippen molar-refractivity contribution in [2.24, 2.45) is 0 Å². The third-order valence-corrected chi connectivity index (χ3v) is 5.02. The number of rotatable bonds is 5. The molecule has 1 fully saturated rings. The van der Waals surface area contributed by atoms with Crippen LogP contribution in [0.1, 0.15) is 39.5 Å². The first-order chi connectivity index (χ1) is 9.66. The Bertz CT molecular complexity index is 521. The molecule has 0 atom stereocenters. The SMILES string of the molecule is CCOc1cc(B2OC(C)(C)C(C)(C)O2)sc1CC(=O)O. The molecule has 0 bridgehead atoms. The normalized spacial score (nSPS) is 19.8. The Labute approximate surface area is 129 Å². The van der Waals surface area contributed by atoms with Crippen molar-refractivity contribution >= 4 is 29.2 Å². The predicted molar refractivity (Wildman–Crippen MR) is 82.5 cm³/mol. The largest absolute Gasteiger partial charge is 0.505 e. The van der Waals surface area contributed by atoms with E-state index in [1.165, 1.54) is 11.3 Å². The second-order valence-electron chi connectivity index (χ2n) is 6.03. The first kappa shape index (κ1) is 16.3. The number of thiophene rings is 1. The van der Waals surface area contributed by atoms with E-state index in [1.807, 2.05) is 40.7 Å². The number of carboxylic acid groups (broad SMARTS) is 1. The number of hydrogen-bond acceptors (Lipinski definition) is 5. The van der Waals surface area contributed by atoms with Crippen LogP contribution in [0, 0.1) is 0 Å². The number of hydrogen-bond donors (Lipinski definition) is 1. The van der Waals surface area contributed by atoms with Gasteiger partial charge in [0.25, 0.3) is 0 Å². The van der Waals surface area contributed by atoms with Gasteiger partial charge >= 0.3 is 13.1 Å². The van der Waals surface area contributed by atoms with Gasteiger partial charge in [-0.05, 0) is 40.7 Å². The zero-order chi connectivity index (χ0) is 15.8. The molecule has 0 radical (unpaired) electrons. The lowest BCUT2D eigenvalue weighted by molar-refractivity contribution is -0.136. The van der Waals surface area contributed by atoms with Crippen molar-refractivity contribution in [1.29, 1.82) is 0 Å². The maximum absolute atomic E-state index is 11.0. The summed E-state index contributed by atoms with van der Waals surface area (Å²) < 4.78 is 18.3. The van der Waals surface area contributed by atoms with E-state index in [1.54, 1.807) is 0 Å². The molecule has 1 saturated heterocycles. The molecule has 0 spiro atoms. The highest BCUT2D eigenvalue weighted by atomic mass is 32.1. The first-order valence-corrected chi connectivity index (χ1v) is 7.81. The zero-order valence-electron chi connectivity index (χ0n) is 13.1. The average Bonchev–Trinajstić information content (AvgIpc) is 2.79. The smallest absolute Gasteiger partial charge is 0.493 e. The quantitative estimate of drug-likeness (QED) is 0.843. The van der Waals surface area contributed by atoms with Gasteiger partial charge in [0.15, 0.2) is 0 Å². The Morgan fingerprint density at radius 2 is 1.90 bits per heavy atom. The summed E-state index contributed by atoms with van der Waals surface area (Å²) in [6.07, 6.45) is -0.0560. The lowest BCUT2D eigenvalue weighted by Crippen LogP contribution is -2.41. The van der Waals surface area contributed by atoms with Gasteiger partial charge in [-0.2, -0.15) is 0 Å². The van der Waals surface area contributed by atoms with Gasteiger partial charge in [-0.15, -0.1) is 11.3 Å². The second kappa shape index (κ2) is 5.63. The maximum atomic E-state index is 11.0. The fourth-order valence-electron chi connectivity index (χ4n) is 2.05. The minimum Gasteiger partial charge on any atom is -0.493 e. The molecule has 1 aliphatic heterocycles. The van der Waals surface area contributed by atoms with E-state index in [9.17, 15) is 4.79 Å². The summed E-state index contributed by atoms with van der Waals surface area (Å²) in [4.78, 5) is 11.6.